The Bertz CT molecular complexity index is 1030. The van der Waals surface area contributed by atoms with Gasteiger partial charge in [0.25, 0.3) is 0 Å². The summed E-state index contributed by atoms with van der Waals surface area (Å²) >= 11 is -4.70. The second-order valence-corrected chi connectivity index (χ2v) is 31.5. The van der Waals surface area contributed by atoms with E-state index in [1.165, 1.54) is 135 Å². The van der Waals surface area contributed by atoms with Crippen molar-refractivity contribution in [2.45, 2.75) is 233 Å². The van der Waals surface area contributed by atoms with Crippen LogP contribution >= 0.6 is 0 Å². The molecule has 9 fully saturated rings. The Hall–Kier alpha value is 1.25. The van der Waals surface area contributed by atoms with Crippen LogP contribution in [0.5, 0.6) is 0 Å². The Morgan fingerprint density at radius 3 is 1.38 bits per heavy atom. The standard InChI is InChI=1S/C19H34O2Si.2C10H17NO.2Ga/c1-22(17-5-3-2-4-6-17,18-11-7-15(20)8-12-18)19-13-9-16(21)10-14-19;2*1-7-5-6-8-3-2-4-9(12)10(8)11-7;;/h15-19H,2-14H2,1H3;2*7-10H,2-6H2,1H3;;/q3*-2;2*+3. The molecule has 268 valence electrons. The van der Waals surface area contributed by atoms with Gasteiger partial charge >= 0.3 is 309 Å². The summed E-state index contributed by atoms with van der Waals surface area (Å²) in [7, 11) is -1.47. The number of rotatable bonds is 7. The van der Waals surface area contributed by atoms with Crippen molar-refractivity contribution in [3.63, 3.8) is 0 Å². The number of hydrogen-bond acceptors (Lipinski definition) is 6. The van der Waals surface area contributed by atoms with Crippen LogP contribution in [0.4, 0.5) is 0 Å². The predicted octanol–water partition coefficient (Wildman–Crippen LogP) is 9.13. The van der Waals surface area contributed by atoms with Gasteiger partial charge in [-0.05, 0) is 0 Å². The summed E-state index contributed by atoms with van der Waals surface area (Å²) in [6.45, 7) is 7.90. The summed E-state index contributed by atoms with van der Waals surface area (Å²) in [5.41, 5.74) is 3.07. The summed E-state index contributed by atoms with van der Waals surface area (Å²) in [5, 5.41) is 0. The molecule has 0 aromatic rings. The molecule has 6 nitrogen and oxygen atoms in total. The van der Waals surface area contributed by atoms with Gasteiger partial charge in [0.05, 0.1) is 0 Å². The van der Waals surface area contributed by atoms with Crippen LogP contribution in [-0.4, -0.2) is 98.2 Å². The fourth-order valence-corrected chi connectivity index (χ4v) is 32.7. The van der Waals surface area contributed by atoms with Crippen molar-refractivity contribution in [2.75, 3.05) is 0 Å². The molecule has 4 aliphatic heterocycles. The molecule has 5 saturated carbocycles. The van der Waals surface area contributed by atoms with Gasteiger partial charge in [0.1, 0.15) is 0 Å². The van der Waals surface area contributed by atoms with E-state index in [9.17, 15) is 0 Å². The fraction of sp³-hybridized carbons (Fsp3) is 1.00. The first-order chi connectivity index (χ1) is 23.5. The first-order valence-electron chi connectivity index (χ1n) is 21.6. The van der Waals surface area contributed by atoms with Crippen LogP contribution in [0.15, 0.2) is 0 Å². The molecule has 0 bridgehead atoms. The molecule has 9 rings (SSSR count). The van der Waals surface area contributed by atoms with Gasteiger partial charge < -0.3 is 0 Å². The molecule has 0 aromatic carbocycles. The molecular formula is C39H68Ga2N2O4Si. The molecule has 0 spiro atoms. The molecule has 8 atom stereocenters. The van der Waals surface area contributed by atoms with Crippen molar-refractivity contribution >= 4 is 42.4 Å². The van der Waals surface area contributed by atoms with Gasteiger partial charge in [0.2, 0.25) is 0 Å². The summed E-state index contributed by atoms with van der Waals surface area (Å²) in [5.74, 6) is 1.77. The Morgan fingerprint density at radius 2 is 0.917 bits per heavy atom. The monoisotopic (exact) mass is 794 g/mol. The van der Waals surface area contributed by atoms with Gasteiger partial charge in [0.15, 0.2) is 0 Å². The molecule has 5 aliphatic carbocycles. The zero-order valence-corrected chi connectivity index (χ0v) is 36.8. The van der Waals surface area contributed by atoms with Gasteiger partial charge in [-0.25, -0.2) is 0 Å². The number of piperidine rings is 2. The Kier molecular flexibility index (Phi) is 10.8. The summed E-state index contributed by atoms with van der Waals surface area (Å²) in [6, 6.07) is 2.78. The van der Waals surface area contributed by atoms with Crippen molar-refractivity contribution < 1.29 is 14.1 Å². The molecule has 4 saturated heterocycles. The average molecular weight is 797 g/mol. The summed E-state index contributed by atoms with van der Waals surface area (Å²) in [4.78, 5) is 0. The van der Waals surface area contributed by atoms with E-state index in [4.69, 9.17) is 14.1 Å². The van der Waals surface area contributed by atoms with Crippen LogP contribution in [0.25, 0.3) is 0 Å². The second-order valence-electron chi connectivity index (χ2n) is 19.0. The minimum absolute atomic E-state index is 0.478. The molecule has 8 unspecified atom stereocenters. The van der Waals surface area contributed by atoms with E-state index >= 15 is 0 Å². The average Bonchev–Trinajstić information content (AvgIpc) is 3.69. The first kappa shape index (κ1) is 35.0. The van der Waals surface area contributed by atoms with Gasteiger partial charge in [-0.2, -0.15) is 0 Å². The van der Waals surface area contributed by atoms with E-state index in [1.54, 1.807) is 12.8 Å². The van der Waals surface area contributed by atoms with Crippen molar-refractivity contribution in [3.8, 4) is 0 Å². The van der Waals surface area contributed by atoms with Crippen LogP contribution in [0, 0.1) is 11.8 Å². The van der Waals surface area contributed by atoms with Crippen LogP contribution in [0.2, 0.25) is 23.2 Å². The van der Waals surface area contributed by atoms with Gasteiger partial charge in [-0.3, -0.25) is 0 Å². The third kappa shape index (κ3) is 6.44. The molecule has 48 heavy (non-hydrogen) atoms. The van der Waals surface area contributed by atoms with Gasteiger partial charge in [0, 0.05) is 0 Å². The molecule has 0 radical (unpaired) electrons. The van der Waals surface area contributed by atoms with E-state index in [0.717, 1.165) is 28.5 Å². The van der Waals surface area contributed by atoms with Crippen molar-refractivity contribution in [2.24, 2.45) is 11.8 Å². The van der Waals surface area contributed by atoms with Gasteiger partial charge in [-0.1, -0.05) is 0 Å². The summed E-state index contributed by atoms with van der Waals surface area (Å²) in [6.07, 6.45) is 34.3. The SMILES string of the molecule is CC1CCC2CCCC3[O][Ga]([O]C4CCC([Si](C)(C5CCCCC5)C5CCC([O][Ga]6[O]C7CCCC8CCC(C)[N]6C87)CC5)CC4)[N]1C23. The van der Waals surface area contributed by atoms with Crippen molar-refractivity contribution in [3.05, 3.63) is 0 Å². The maximum atomic E-state index is 7.18. The van der Waals surface area contributed by atoms with Crippen LogP contribution in [-0.2, 0) is 14.1 Å². The zero-order valence-electron chi connectivity index (χ0n) is 31.0. The number of hydrogen-bond donors (Lipinski definition) is 0. The normalized spacial score (nSPS) is 47.1. The van der Waals surface area contributed by atoms with E-state index in [1.807, 2.05) is 0 Å². The third-order valence-electron chi connectivity index (χ3n) is 16.8. The summed E-state index contributed by atoms with van der Waals surface area (Å²) < 4.78 is 34.0. The Morgan fingerprint density at radius 1 is 0.479 bits per heavy atom. The Balaban J connectivity index is 0.831. The van der Waals surface area contributed by atoms with E-state index < -0.39 is 42.4 Å². The second kappa shape index (κ2) is 14.8. The zero-order chi connectivity index (χ0) is 32.4. The van der Waals surface area contributed by atoms with Crippen LogP contribution in [0.1, 0.15) is 162 Å². The molecular weight excluding hydrogens is 728 g/mol. The van der Waals surface area contributed by atoms with Crippen molar-refractivity contribution in [1.29, 1.82) is 0 Å². The molecule has 0 aromatic heterocycles. The number of nitrogens with zero attached hydrogens (tertiary/aromatic N) is 2. The van der Waals surface area contributed by atoms with E-state index in [-0.39, 0.29) is 0 Å². The molecule has 4 heterocycles. The van der Waals surface area contributed by atoms with Crippen LogP contribution < -0.4 is 0 Å². The van der Waals surface area contributed by atoms with Crippen LogP contribution in [0.3, 0.4) is 0 Å². The molecule has 9 heteroatoms. The van der Waals surface area contributed by atoms with Gasteiger partial charge in [-0.15, -0.1) is 0 Å². The molecule has 0 amide bonds. The molecule has 0 N–H and O–H groups in total. The quantitative estimate of drug-likeness (QED) is 0.240. The first-order valence-corrected chi connectivity index (χ1v) is 30.5. The maximum absolute atomic E-state index is 7.18. The van der Waals surface area contributed by atoms with E-state index in [0.29, 0.717) is 48.6 Å². The predicted molar refractivity (Wildman–Crippen MR) is 197 cm³/mol. The minimum atomic E-state index is -2.35. The Labute approximate surface area is 307 Å². The topological polar surface area (TPSA) is 43.4 Å². The third-order valence-corrected chi connectivity index (χ3v) is 34.4. The fourth-order valence-electron chi connectivity index (χ4n) is 14.1. The van der Waals surface area contributed by atoms with E-state index in [2.05, 4.69) is 27.6 Å². The van der Waals surface area contributed by atoms with Crippen molar-refractivity contribution in [1.82, 2.24) is 7.21 Å². The molecule has 9 aliphatic rings.